The van der Waals surface area contributed by atoms with Crippen molar-refractivity contribution in [3.05, 3.63) is 48.0 Å². The van der Waals surface area contributed by atoms with E-state index in [2.05, 4.69) is 5.32 Å². The number of carbonyl (C=O) groups is 1. The van der Waals surface area contributed by atoms with Crippen LogP contribution in [0.5, 0.6) is 11.5 Å². The van der Waals surface area contributed by atoms with Gasteiger partial charge in [0.05, 0.1) is 13.7 Å². The zero-order chi connectivity index (χ0) is 19.2. The summed E-state index contributed by atoms with van der Waals surface area (Å²) in [6, 6.07) is 11.9. The van der Waals surface area contributed by atoms with Crippen LogP contribution < -0.4 is 19.9 Å². The molecule has 0 bridgehead atoms. The molecule has 0 fully saturated rings. The normalized spacial score (nSPS) is 11.0. The minimum absolute atomic E-state index is 0.122. The fraction of sp³-hybridized carbons (Fsp3) is 0.278. The van der Waals surface area contributed by atoms with Crippen molar-refractivity contribution in [3.8, 4) is 11.5 Å². The molecule has 0 saturated carbocycles. The maximum atomic E-state index is 12.0. The molecule has 0 radical (unpaired) electrons. The smallest absolute Gasteiger partial charge is 0.241 e. The first-order chi connectivity index (χ1) is 12.3. The van der Waals surface area contributed by atoms with Gasteiger partial charge < -0.3 is 14.8 Å². The molecule has 2 aromatic rings. The van der Waals surface area contributed by atoms with Crippen LogP contribution in [-0.4, -0.2) is 28.0 Å². The van der Waals surface area contributed by atoms with Gasteiger partial charge in [0.1, 0.15) is 16.4 Å². The van der Waals surface area contributed by atoms with Crippen molar-refractivity contribution in [2.24, 2.45) is 5.14 Å². The van der Waals surface area contributed by atoms with E-state index in [1.807, 2.05) is 31.2 Å². The van der Waals surface area contributed by atoms with Crippen molar-refractivity contribution in [1.29, 1.82) is 0 Å². The highest BCUT2D eigenvalue weighted by Crippen LogP contribution is 2.26. The van der Waals surface area contributed by atoms with E-state index in [1.165, 1.54) is 19.2 Å². The van der Waals surface area contributed by atoms with Crippen LogP contribution in [0.4, 0.5) is 5.69 Å². The summed E-state index contributed by atoms with van der Waals surface area (Å²) >= 11 is 0. The Hall–Kier alpha value is -2.58. The van der Waals surface area contributed by atoms with Crippen LogP contribution in [0.3, 0.4) is 0 Å². The highest BCUT2D eigenvalue weighted by atomic mass is 32.2. The predicted molar refractivity (Wildman–Crippen MR) is 98.9 cm³/mol. The Balaban J connectivity index is 1.86. The number of amides is 1. The Morgan fingerprint density at radius 2 is 1.85 bits per heavy atom. The van der Waals surface area contributed by atoms with Crippen LogP contribution in [0.1, 0.15) is 18.4 Å². The molecule has 2 rings (SSSR count). The number of benzene rings is 2. The van der Waals surface area contributed by atoms with E-state index in [-0.39, 0.29) is 23.0 Å². The van der Waals surface area contributed by atoms with Gasteiger partial charge in [0.15, 0.2) is 0 Å². The zero-order valence-electron chi connectivity index (χ0n) is 14.7. The third-order valence-corrected chi connectivity index (χ3v) is 4.52. The number of carbonyl (C=O) groups excluding carboxylic acids is 1. The molecule has 0 saturated heterocycles. The Morgan fingerprint density at radius 3 is 2.46 bits per heavy atom. The molecule has 140 valence electrons. The number of rotatable bonds is 8. The summed E-state index contributed by atoms with van der Waals surface area (Å²) in [5.41, 5.74) is 1.48. The van der Waals surface area contributed by atoms with Gasteiger partial charge in [0.25, 0.3) is 0 Å². The quantitative estimate of drug-likeness (QED) is 0.686. The summed E-state index contributed by atoms with van der Waals surface area (Å²) in [6.45, 7) is 2.40. The van der Waals surface area contributed by atoms with Gasteiger partial charge in [-0.25, -0.2) is 13.6 Å². The number of anilines is 1. The standard InChI is InChI=1S/C18H22N2O5S/c1-13-5-8-15(9-6-13)25-11-3-4-18(21)20-14-7-10-16(24-2)17(12-14)26(19,22)23/h5-10,12H,3-4,11H2,1-2H3,(H,20,21)(H2,19,22,23). The molecule has 0 aliphatic rings. The highest BCUT2D eigenvalue weighted by molar-refractivity contribution is 7.89. The van der Waals surface area contributed by atoms with Gasteiger partial charge in [-0.2, -0.15) is 0 Å². The van der Waals surface area contributed by atoms with E-state index in [4.69, 9.17) is 14.6 Å². The summed E-state index contributed by atoms with van der Waals surface area (Å²) in [4.78, 5) is 11.8. The molecule has 2 aromatic carbocycles. The fourth-order valence-corrected chi connectivity index (χ4v) is 2.98. The molecule has 0 aliphatic heterocycles. The number of ether oxygens (including phenoxy) is 2. The molecule has 7 nitrogen and oxygen atoms in total. The molecule has 3 N–H and O–H groups in total. The lowest BCUT2D eigenvalue weighted by Crippen LogP contribution is -2.16. The van der Waals surface area contributed by atoms with Gasteiger partial charge in [0, 0.05) is 12.1 Å². The average molecular weight is 378 g/mol. The predicted octanol–water partition coefficient (Wildman–Crippen LogP) is 2.45. The maximum absolute atomic E-state index is 12.0. The average Bonchev–Trinajstić information content (AvgIpc) is 2.59. The van der Waals surface area contributed by atoms with E-state index >= 15 is 0 Å². The molecule has 0 spiro atoms. The lowest BCUT2D eigenvalue weighted by Gasteiger charge is -2.10. The van der Waals surface area contributed by atoms with Gasteiger partial charge in [-0.3, -0.25) is 4.79 Å². The summed E-state index contributed by atoms with van der Waals surface area (Å²) in [5.74, 6) is 0.629. The second-order valence-corrected chi connectivity index (χ2v) is 7.25. The number of hydrogen-bond acceptors (Lipinski definition) is 5. The molecule has 0 unspecified atom stereocenters. The van der Waals surface area contributed by atoms with Gasteiger partial charge in [-0.05, 0) is 43.7 Å². The Labute approximate surface area is 153 Å². The maximum Gasteiger partial charge on any atom is 0.241 e. The lowest BCUT2D eigenvalue weighted by atomic mass is 10.2. The number of sulfonamides is 1. The SMILES string of the molecule is COc1ccc(NC(=O)CCCOc2ccc(C)cc2)cc1S(N)(=O)=O. The fourth-order valence-electron chi connectivity index (χ4n) is 2.26. The van der Waals surface area contributed by atoms with Crippen molar-refractivity contribution < 1.29 is 22.7 Å². The highest BCUT2D eigenvalue weighted by Gasteiger charge is 2.16. The topological polar surface area (TPSA) is 108 Å². The van der Waals surface area contributed by atoms with Gasteiger partial charge in [-0.1, -0.05) is 17.7 Å². The molecule has 8 heteroatoms. The molecule has 0 atom stereocenters. The van der Waals surface area contributed by atoms with E-state index in [9.17, 15) is 13.2 Å². The van der Waals surface area contributed by atoms with Crippen LogP contribution in [0.15, 0.2) is 47.4 Å². The molecule has 26 heavy (non-hydrogen) atoms. The lowest BCUT2D eigenvalue weighted by molar-refractivity contribution is -0.116. The molecule has 0 aliphatic carbocycles. The summed E-state index contributed by atoms with van der Waals surface area (Å²) in [5, 5.41) is 7.80. The first-order valence-corrected chi connectivity index (χ1v) is 9.54. The van der Waals surface area contributed by atoms with Crippen LogP contribution >= 0.6 is 0 Å². The first kappa shape index (κ1) is 19.7. The molecule has 0 aromatic heterocycles. The summed E-state index contributed by atoms with van der Waals surface area (Å²) < 4.78 is 33.7. The van der Waals surface area contributed by atoms with Crippen molar-refractivity contribution in [2.45, 2.75) is 24.7 Å². The second-order valence-electron chi connectivity index (χ2n) is 5.72. The molecular weight excluding hydrogens is 356 g/mol. The van der Waals surface area contributed by atoms with Gasteiger partial charge in [0.2, 0.25) is 15.9 Å². The summed E-state index contributed by atoms with van der Waals surface area (Å²) in [6.07, 6.45) is 0.764. The third-order valence-electron chi connectivity index (χ3n) is 3.59. The third kappa shape index (κ3) is 5.75. The largest absolute Gasteiger partial charge is 0.495 e. The Kier molecular flexibility index (Phi) is 6.59. The van der Waals surface area contributed by atoms with Gasteiger partial charge in [-0.15, -0.1) is 0 Å². The number of nitrogens with two attached hydrogens (primary N) is 1. The first-order valence-electron chi connectivity index (χ1n) is 8.00. The van der Waals surface area contributed by atoms with E-state index in [0.717, 1.165) is 11.3 Å². The number of aryl methyl sites for hydroxylation is 1. The zero-order valence-corrected chi connectivity index (χ0v) is 15.5. The number of hydrogen-bond donors (Lipinski definition) is 2. The van der Waals surface area contributed by atoms with Crippen molar-refractivity contribution in [3.63, 3.8) is 0 Å². The van der Waals surface area contributed by atoms with Crippen LogP contribution in [0.25, 0.3) is 0 Å². The van der Waals surface area contributed by atoms with E-state index < -0.39 is 10.0 Å². The second kappa shape index (κ2) is 8.68. The van der Waals surface area contributed by atoms with Crippen molar-refractivity contribution in [2.75, 3.05) is 19.0 Å². The molecule has 1 amide bonds. The number of primary sulfonamides is 1. The Bertz CT molecular complexity index is 864. The van der Waals surface area contributed by atoms with Crippen molar-refractivity contribution in [1.82, 2.24) is 0 Å². The van der Waals surface area contributed by atoms with Crippen molar-refractivity contribution >= 4 is 21.6 Å². The minimum Gasteiger partial charge on any atom is -0.495 e. The van der Waals surface area contributed by atoms with Crippen LogP contribution in [-0.2, 0) is 14.8 Å². The summed E-state index contributed by atoms with van der Waals surface area (Å²) in [7, 11) is -2.61. The molecular formula is C18H22N2O5S. The number of nitrogens with one attached hydrogen (secondary N) is 1. The molecule has 0 heterocycles. The number of methoxy groups -OCH3 is 1. The Morgan fingerprint density at radius 1 is 1.15 bits per heavy atom. The van der Waals surface area contributed by atoms with Crippen LogP contribution in [0, 0.1) is 6.92 Å². The van der Waals surface area contributed by atoms with Crippen LogP contribution in [0.2, 0.25) is 0 Å². The monoisotopic (exact) mass is 378 g/mol. The van der Waals surface area contributed by atoms with E-state index in [1.54, 1.807) is 6.07 Å². The van der Waals surface area contributed by atoms with E-state index in [0.29, 0.717) is 18.7 Å². The minimum atomic E-state index is -3.95. The van der Waals surface area contributed by atoms with Gasteiger partial charge >= 0.3 is 0 Å².